The van der Waals surface area contributed by atoms with Crippen molar-refractivity contribution in [2.45, 2.75) is 17.5 Å². The van der Waals surface area contributed by atoms with Gasteiger partial charge in [-0.05, 0) is 42.5 Å². The second-order valence-electron chi connectivity index (χ2n) is 6.03. The van der Waals surface area contributed by atoms with Crippen LogP contribution in [0, 0.1) is 0 Å². The molecule has 0 saturated heterocycles. The van der Waals surface area contributed by atoms with Crippen LogP contribution in [0.3, 0.4) is 0 Å². The minimum atomic E-state index is -4.82. The van der Waals surface area contributed by atoms with Gasteiger partial charge in [-0.15, -0.1) is 0 Å². The number of sulfonamides is 1. The van der Waals surface area contributed by atoms with Crippen molar-refractivity contribution in [3.8, 4) is 0 Å². The third-order valence-electron chi connectivity index (χ3n) is 3.80. The number of hydrogen-bond acceptors (Lipinski definition) is 5. The fraction of sp³-hybridized carbons (Fsp3) is 0.222. The first-order chi connectivity index (χ1) is 14.4. The molecule has 0 spiro atoms. The van der Waals surface area contributed by atoms with Gasteiger partial charge < -0.3 is 10.1 Å². The zero-order valence-electron chi connectivity index (χ0n) is 15.9. The summed E-state index contributed by atoms with van der Waals surface area (Å²) in [6.45, 7) is -0.347. The SMILES string of the molecule is COC(=O)Nc1ccc(NC(=O)CCNS(=O)(=O)c2ccc(Cl)c(C(F)(F)F)c2)cc1. The minimum absolute atomic E-state index is 0.277. The van der Waals surface area contributed by atoms with Crippen molar-refractivity contribution in [3.63, 3.8) is 0 Å². The number of methoxy groups -OCH3 is 1. The Kier molecular flexibility index (Phi) is 7.87. The molecule has 2 rings (SSSR count). The Morgan fingerprint density at radius 3 is 2.16 bits per heavy atom. The fourth-order valence-corrected chi connectivity index (χ4v) is 3.58. The summed E-state index contributed by atoms with van der Waals surface area (Å²) in [5.74, 6) is -0.538. The maximum atomic E-state index is 12.9. The molecule has 2 aromatic carbocycles. The monoisotopic (exact) mass is 479 g/mol. The lowest BCUT2D eigenvalue weighted by Crippen LogP contribution is -2.28. The number of benzene rings is 2. The Labute approximate surface area is 180 Å². The van der Waals surface area contributed by atoms with Crippen molar-refractivity contribution in [2.75, 3.05) is 24.3 Å². The van der Waals surface area contributed by atoms with Crippen molar-refractivity contribution in [1.82, 2.24) is 4.72 Å². The van der Waals surface area contributed by atoms with E-state index in [1.807, 2.05) is 0 Å². The van der Waals surface area contributed by atoms with E-state index < -0.39 is 43.7 Å². The molecule has 0 aliphatic rings. The molecule has 13 heteroatoms. The summed E-state index contributed by atoms with van der Waals surface area (Å²) >= 11 is 5.48. The van der Waals surface area contributed by atoms with E-state index in [1.165, 1.54) is 31.4 Å². The zero-order valence-corrected chi connectivity index (χ0v) is 17.5. The van der Waals surface area contributed by atoms with E-state index in [-0.39, 0.29) is 13.0 Å². The van der Waals surface area contributed by atoms with Gasteiger partial charge in [-0.1, -0.05) is 11.6 Å². The van der Waals surface area contributed by atoms with Crippen molar-refractivity contribution in [3.05, 3.63) is 53.1 Å². The van der Waals surface area contributed by atoms with Crippen molar-refractivity contribution >= 4 is 45.0 Å². The Hall–Kier alpha value is -2.83. The lowest BCUT2D eigenvalue weighted by atomic mass is 10.2. The number of amides is 2. The van der Waals surface area contributed by atoms with Crippen LogP contribution in [0.5, 0.6) is 0 Å². The molecular formula is C18H17ClF3N3O5S. The predicted molar refractivity (Wildman–Crippen MR) is 107 cm³/mol. The standard InChI is InChI=1S/C18H17ClF3N3O5S/c1-30-17(27)25-12-4-2-11(3-5-12)24-16(26)8-9-23-31(28,29)13-6-7-15(19)14(10-13)18(20,21)22/h2-7,10,23H,8-9H2,1H3,(H,24,26)(H,25,27). The number of halogens is 4. The maximum Gasteiger partial charge on any atom is 0.417 e. The van der Waals surface area contributed by atoms with Crippen LogP contribution < -0.4 is 15.4 Å². The highest BCUT2D eigenvalue weighted by Crippen LogP contribution is 2.35. The molecule has 168 valence electrons. The number of anilines is 2. The average molecular weight is 480 g/mol. The Bertz CT molecular complexity index is 1060. The lowest BCUT2D eigenvalue weighted by molar-refractivity contribution is -0.137. The van der Waals surface area contributed by atoms with E-state index in [1.54, 1.807) is 0 Å². The summed E-state index contributed by atoms with van der Waals surface area (Å²) in [5, 5.41) is 4.31. The molecule has 0 saturated carbocycles. The van der Waals surface area contributed by atoms with Gasteiger partial charge in [0.15, 0.2) is 0 Å². The Morgan fingerprint density at radius 2 is 1.61 bits per heavy atom. The molecule has 2 aromatic rings. The van der Waals surface area contributed by atoms with E-state index in [0.717, 1.165) is 12.1 Å². The van der Waals surface area contributed by atoms with Gasteiger partial charge in [0.05, 0.1) is 22.6 Å². The predicted octanol–water partition coefficient (Wildman–Crippen LogP) is 3.84. The molecule has 0 radical (unpaired) electrons. The van der Waals surface area contributed by atoms with Crippen LogP contribution in [0.1, 0.15) is 12.0 Å². The molecule has 8 nitrogen and oxygen atoms in total. The van der Waals surface area contributed by atoms with E-state index in [9.17, 15) is 31.2 Å². The van der Waals surface area contributed by atoms with E-state index >= 15 is 0 Å². The van der Waals surface area contributed by atoms with Crippen molar-refractivity contribution in [2.24, 2.45) is 0 Å². The lowest BCUT2D eigenvalue weighted by Gasteiger charge is -2.12. The summed E-state index contributed by atoms with van der Waals surface area (Å²) in [5.41, 5.74) is -0.463. The normalized spacial score (nSPS) is 11.6. The topological polar surface area (TPSA) is 114 Å². The average Bonchev–Trinajstić information content (AvgIpc) is 2.68. The highest BCUT2D eigenvalue weighted by Gasteiger charge is 2.34. The molecule has 0 aliphatic heterocycles. The smallest absolute Gasteiger partial charge is 0.417 e. The highest BCUT2D eigenvalue weighted by atomic mass is 35.5. The molecule has 2 amide bonds. The van der Waals surface area contributed by atoms with Crippen LogP contribution in [0.15, 0.2) is 47.4 Å². The van der Waals surface area contributed by atoms with Crippen LogP contribution in [-0.2, 0) is 25.7 Å². The van der Waals surface area contributed by atoms with E-state index in [2.05, 4.69) is 20.1 Å². The second kappa shape index (κ2) is 9.98. The van der Waals surface area contributed by atoms with Gasteiger partial charge in [0.1, 0.15) is 0 Å². The minimum Gasteiger partial charge on any atom is -0.453 e. The number of alkyl halides is 3. The van der Waals surface area contributed by atoms with Crippen LogP contribution >= 0.6 is 11.6 Å². The summed E-state index contributed by atoms with van der Waals surface area (Å²) in [6.07, 6.45) is -5.75. The number of hydrogen-bond donors (Lipinski definition) is 3. The number of nitrogens with one attached hydrogen (secondary N) is 3. The molecule has 0 bridgehead atoms. The molecule has 0 unspecified atom stereocenters. The number of carbonyl (C=O) groups is 2. The molecule has 3 N–H and O–H groups in total. The van der Waals surface area contributed by atoms with Gasteiger partial charge in [0.2, 0.25) is 15.9 Å². The molecule has 0 fully saturated rings. The van der Waals surface area contributed by atoms with Crippen molar-refractivity contribution < 1.29 is 35.9 Å². The number of ether oxygens (including phenoxy) is 1. The van der Waals surface area contributed by atoms with Crippen LogP contribution in [-0.4, -0.2) is 34.1 Å². The van der Waals surface area contributed by atoms with Gasteiger partial charge >= 0.3 is 12.3 Å². The number of rotatable bonds is 7. The quantitative estimate of drug-likeness (QED) is 0.558. The van der Waals surface area contributed by atoms with E-state index in [4.69, 9.17) is 11.6 Å². The molecule has 0 heterocycles. The summed E-state index contributed by atoms with van der Waals surface area (Å²) < 4.78 is 69.7. The highest BCUT2D eigenvalue weighted by molar-refractivity contribution is 7.89. The Balaban J connectivity index is 1.92. The zero-order chi connectivity index (χ0) is 23.2. The molecule has 31 heavy (non-hydrogen) atoms. The van der Waals surface area contributed by atoms with Crippen LogP contribution in [0.2, 0.25) is 5.02 Å². The van der Waals surface area contributed by atoms with E-state index in [0.29, 0.717) is 17.4 Å². The largest absolute Gasteiger partial charge is 0.453 e. The summed E-state index contributed by atoms with van der Waals surface area (Å²) in [6, 6.07) is 8.21. The van der Waals surface area contributed by atoms with Gasteiger partial charge in [0.25, 0.3) is 0 Å². The van der Waals surface area contributed by atoms with Crippen molar-refractivity contribution in [1.29, 1.82) is 0 Å². The van der Waals surface area contributed by atoms with Crippen LogP contribution in [0.4, 0.5) is 29.3 Å². The first kappa shape index (κ1) is 24.4. The molecule has 0 atom stereocenters. The maximum absolute atomic E-state index is 12.9. The summed E-state index contributed by atoms with van der Waals surface area (Å²) in [4.78, 5) is 22.5. The van der Waals surface area contributed by atoms with Gasteiger partial charge in [-0.2, -0.15) is 13.2 Å². The third-order valence-corrected chi connectivity index (χ3v) is 5.59. The molecular weight excluding hydrogens is 463 g/mol. The fourth-order valence-electron chi connectivity index (χ4n) is 2.30. The second-order valence-corrected chi connectivity index (χ2v) is 8.20. The number of carbonyl (C=O) groups excluding carboxylic acids is 2. The third kappa shape index (κ3) is 7.12. The van der Waals surface area contributed by atoms with Gasteiger partial charge in [-0.3, -0.25) is 10.1 Å². The van der Waals surface area contributed by atoms with Gasteiger partial charge in [0, 0.05) is 24.3 Å². The first-order valence-electron chi connectivity index (χ1n) is 8.53. The first-order valence-corrected chi connectivity index (χ1v) is 10.4. The molecule has 0 aliphatic carbocycles. The van der Waals surface area contributed by atoms with Gasteiger partial charge in [-0.25, -0.2) is 17.9 Å². The summed E-state index contributed by atoms with van der Waals surface area (Å²) in [7, 11) is -3.08. The Morgan fingerprint density at radius 1 is 1.03 bits per heavy atom. The van der Waals surface area contributed by atoms with Crippen LogP contribution in [0.25, 0.3) is 0 Å². The molecule has 0 aromatic heterocycles.